The number of ether oxygens (including phenoxy) is 2. The maximum atomic E-state index is 12.0. The number of benzene rings is 1. The van der Waals surface area contributed by atoms with Gasteiger partial charge in [-0.1, -0.05) is 0 Å². The molecule has 0 aliphatic carbocycles. The van der Waals surface area contributed by atoms with Gasteiger partial charge in [0.25, 0.3) is 0 Å². The Balaban J connectivity index is 2.10. The summed E-state index contributed by atoms with van der Waals surface area (Å²) in [6.45, 7) is 0. The molecule has 1 heterocycles. The SMILES string of the molecule is COc1ccc(OC)c(CC(=O)Nc2cnn(C)c2)c1. The number of carbonyl (C=O) groups excluding carboxylic acids is 1. The minimum absolute atomic E-state index is 0.135. The first-order valence-electron chi connectivity index (χ1n) is 6.11. The summed E-state index contributed by atoms with van der Waals surface area (Å²) in [4.78, 5) is 12.0. The van der Waals surface area contributed by atoms with Gasteiger partial charge in [-0.25, -0.2) is 0 Å². The van der Waals surface area contributed by atoms with Crippen LogP contribution in [0.15, 0.2) is 30.6 Å². The topological polar surface area (TPSA) is 65.4 Å². The summed E-state index contributed by atoms with van der Waals surface area (Å²) in [5.74, 6) is 1.21. The number of nitrogens with zero attached hydrogens (tertiary/aromatic N) is 2. The van der Waals surface area contributed by atoms with Crippen LogP contribution in [0.4, 0.5) is 5.69 Å². The molecule has 0 saturated carbocycles. The summed E-state index contributed by atoms with van der Waals surface area (Å²) in [5, 5.41) is 6.78. The second-order valence-electron chi connectivity index (χ2n) is 4.31. The molecule has 1 amide bonds. The van der Waals surface area contributed by atoms with E-state index >= 15 is 0 Å². The highest BCUT2D eigenvalue weighted by atomic mass is 16.5. The van der Waals surface area contributed by atoms with Gasteiger partial charge in [-0.05, 0) is 18.2 Å². The summed E-state index contributed by atoms with van der Waals surface area (Å²) in [7, 11) is 4.95. The van der Waals surface area contributed by atoms with E-state index in [4.69, 9.17) is 9.47 Å². The first kappa shape index (κ1) is 13.9. The molecular formula is C14H17N3O3. The Labute approximate surface area is 117 Å². The molecule has 106 valence electrons. The maximum absolute atomic E-state index is 12.0. The van der Waals surface area contributed by atoms with Crippen molar-refractivity contribution in [1.29, 1.82) is 0 Å². The molecule has 20 heavy (non-hydrogen) atoms. The minimum Gasteiger partial charge on any atom is -0.497 e. The highest BCUT2D eigenvalue weighted by Gasteiger charge is 2.11. The fourth-order valence-electron chi connectivity index (χ4n) is 1.88. The minimum atomic E-state index is -0.135. The van der Waals surface area contributed by atoms with Crippen LogP contribution in [0, 0.1) is 0 Å². The second-order valence-corrected chi connectivity index (χ2v) is 4.31. The number of hydrogen-bond acceptors (Lipinski definition) is 4. The number of rotatable bonds is 5. The van der Waals surface area contributed by atoms with Crippen LogP contribution in [0.1, 0.15) is 5.56 Å². The van der Waals surface area contributed by atoms with Crippen molar-refractivity contribution in [3.63, 3.8) is 0 Å². The molecule has 6 nitrogen and oxygen atoms in total. The van der Waals surface area contributed by atoms with Gasteiger partial charge in [0, 0.05) is 18.8 Å². The van der Waals surface area contributed by atoms with Crippen molar-refractivity contribution in [2.24, 2.45) is 7.05 Å². The van der Waals surface area contributed by atoms with Crippen molar-refractivity contribution < 1.29 is 14.3 Å². The molecule has 0 aliphatic rings. The molecule has 0 fully saturated rings. The standard InChI is InChI=1S/C14H17N3O3/c1-17-9-11(8-15-17)16-14(18)7-10-6-12(19-2)4-5-13(10)20-3/h4-6,8-9H,7H2,1-3H3,(H,16,18). The molecule has 0 aliphatic heterocycles. The van der Waals surface area contributed by atoms with E-state index in [-0.39, 0.29) is 12.3 Å². The zero-order valence-electron chi connectivity index (χ0n) is 11.7. The van der Waals surface area contributed by atoms with Crippen molar-refractivity contribution in [2.75, 3.05) is 19.5 Å². The average molecular weight is 275 g/mol. The van der Waals surface area contributed by atoms with Crippen LogP contribution in [-0.2, 0) is 18.3 Å². The van der Waals surface area contributed by atoms with E-state index in [1.54, 1.807) is 56.5 Å². The number of anilines is 1. The predicted molar refractivity (Wildman–Crippen MR) is 75.1 cm³/mol. The van der Waals surface area contributed by atoms with Crippen molar-refractivity contribution in [1.82, 2.24) is 9.78 Å². The number of amides is 1. The zero-order valence-corrected chi connectivity index (χ0v) is 11.7. The highest BCUT2D eigenvalue weighted by molar-refractivity contribution is 5.92. The molecule has 0 unspecified atom stereocenters. The van der Waals surface area contributed by atoms with Crippen LogP contribution in [0.25, 0.3) is 0 Å². The van der Waals surface area contributed by atoms with Gasteiger partial charge >= 0.3 is 0 Å². The third kappa shape index (κ3) is 3.28. The van der Waals surface area contributed by atoms with Gasteiger partial charge in [0.1, 0.15) is 11.5 Å². The fraction of sp³-hybridized carbons (Fsp3) is 0.286. The van der Waals surface area contributed by atoms with Gasteiger partial charge in [-0.3, -0.25) is 9.48 Å². The van der Waals surface area contributed by atoms with Crippen LogP contribution < -0.4 is 14.8 Å². The van der Waals surface area contributed by atoms with Crippen molar-refractivity contribution >= 4 is 11.6 Å². The Hall–Kier alpha value is -2.50. The molecular weight excluding hydrogens is 258 g/mol. The summed E-state index contributed by atoms with van der Waals surface area (Å²) in [6.07, 6.45) is 3.54. The molecule has 1 aromatic heterocycles. The lowest BCUT2D eigenvalue weighted by molar-refractivity contribution is -0.115. The van der Waals surface area contributed by atoms with E-state index in [0.29, 0.717) is 17.2 Å². The molecule has 1 aromatic carbocycles. The molecule has 0 bridgehead atoms. The van der Waals surface area contributed by atoms with Gasteiger partial charge in [0.05, 0.1) is 32.5 Å². The fourth-order valence-corrected chi connectivity index (χ4v) is 1.88. The highest BCUT2D eigenvalue weighted by Crippen LogP contribution is 2.24. The summed E-state index contributed by atoms with van der Waals surface area (Å²) < 4.78 is 12.0. The summed E-state index contributed by atoms with van der Waals surface area (Å²) in [5.41, 5.74) is 1.44. The second kappa shape index (κ2) is 6.10. The number of hydrogen-bond donors (Lipinski definition) is 1. The largest absolute Gasteiger partial charge is 0.497 e. The van der Waals surface area contributed by atoms with E-state index in [1.807, 2.05) is 0 Å². The Morgan fingerprint density at radius 2 is 2.15 bits per heavy atom. The van der Waals surface area contributed by atoms with E-state index < -0.39 is 0 Å². The van der Waals surface area contributed by atoms with Crippen LogP contribution >= 0.6 is 0 Å². The lowest BCUT2D eigenvalue weighted by atomic mass is 10.1. The Morgan fingerprint density at radius 3 is 2.75 bits per heavy atom. The van der Waals surface area contributed by atoms with Crippen molar-refractivity contribution in [2.45, 2.75) is 6.42 Å². The van der Waals surface area contributed by atoms with E-state index in [9.17, 15) is 4.79 Å². The smallest absolute Gasteiger partial charge is 0.229 e. The molecule has 1 N–H and O–H groups in total. The quantitative estimate of drug-likeness (QED) is 0.900. The van der Waals surface area contributed by atoms with Gasteiger partial charge < -0.3 is 14.8 Å². The number of carbonyl (C=O) groups is 1. The van der Waals surface area contributed by atoms with Crippen LogP contribution in [-0.4, -0.2) is 29.9 Å². The van der Waals surface area contributed by atoms with Gasteiger partial charge in [0.15, 0.2) is 0 Å². The normalized spacial score (nSPS) is 10.2. The third-order valence-corrected chi connectivity index (χ3v) is 2.83. The van der Waals surface area contributed by atoms with Crippen molar-refractivity contribution in [3.05, 3.63) is 36.2 Å². The van der Waals surface area contributed by atoms with Crippen LogP contribution in [0.2, 0.25) is 0 Å². The number of aromatic nitrogens is 2. The first-order valence-corrected chi connectivity index (χ1v) is 6.11. The van der Waals surface area contributed by atoms with Gasteiger partial charge in [-0.15, -0.1) is 0 Å². The molecule has 2 aromatic rings. The van der Waals surface area contributed by atoms with E-state index in [1.165, 1.54) is 0 Å². The summed E-state index contributed by atoms with van der Waals surface area (Å²) in [6, 6.07) is 5.37. The molecule has 2 rings (SSSR count). The molecule has 0 spiro atoms. The van der Waals surface area contributed by atoms with E-state index in [2.05, 4.69) is 10.4 Å². The first-order chi connectivity index (χ1) is 9.62. The molecule has 0 saturated heterocycles. The molecule has 0 radical (unpaired) electrons. The van der Waals surface area contributed by atoms with Crippen molar-refractivity contribution in [3.8, 4) is 11.5 Å². The molecule has 6 heteroatoms. The Morgan fingerprint density at radius 1 is 1.35 bits per heavy atom. The van der Waals surface area contributed by atoms with Crippen LogP contribution in [0.3, 0.4) is 0 Å². The van der Waals surface area contributed by atoms with E-state index in [0.717, 1.165) is 5.56 Å². The zero-order chi connectivity index (χ0) is 14.5. The lowest BCUT2D eigenvalue weighted by Gasteiger charge is -2.10. The monoisotopic (exact) mass is 275 g/mol. The number of nitrogens with one attached hydrogen (secondary N) is 1. The van der Waals surface area contributed by atoms with Gasteiger partial charge in [-0.2, -0.15) is 5.10 Å². The number of methoxy groups -OCH3 is 2. The molecule has 0 atom stereocenters. The Kier molecular flexibility index (Phi) is 4.24. The maximum Gasteiger partial charge on any atom is 0.229 e. The van der Waals surface area contributed by atoms with Crippen LogP contribution in [0.5, 0.6) is 11.5 Å². The number of aryl methyl sites for hydroxylation is 1. The average Bonchev–Trinajstić information content (AvgIpc) is 2.83. The predicted octanol–water partition coefficient (Wildman–Crippen LogP) is 1.62. The summed E-state index contributed by atoms with van der Waals surface area (Å²) >= 11 is 0. The lowest BCUT2D eigenvalue weighted by Crippen LogP contribution is -2.14. The van der Waals surface area contributed by atoms with Gasteiger partial charge in [0.2, 0.25) is 5.91 Å². The Bertz CT molecular complexity index is 607. The third-order valence-electron chi connectivity index (χ3n) is 2.83.